The Morgan fingerprint density at radius 1 is 1.33 bits per heavy atom. The van der Waals surface area contributed by atoms with E-state index in [1.165, 1.54) is 5.56 Å². The average Bonchev–Trinajstić information content (AvgIpc) is 2.69. The van der Waals surface area contributed by atoms with Gasteiger partial charge in [-0.2, -0.15) is 5.26 Å². The topological polar surface area (TPSA) is 51.9 Å². The van der Waals surface area contributed by atoms with Crippen LogP contribution in [0.4, 0.5) is 0 Å². The van der Waals surface area contributed by atoms with E-state index in [1.807, 2.05) is 24.6 Å². The van der Waals surface area contributed by atoms with Crippen LogP contribution >= 0.6 is 23.4 Å². The molecule has 0 amide bonds. The number of aliphatic imine (C=N–C) groups is 1. The van der Waals surface area contributed by atoms with Gasteiger partial charge in [0.15, 0.2) is 5.17 Å². The zero-order chi connectivity index (χ0) is 19.2. The van der Waals surface area contributed by atoms with Gasteiger partial charge < -0.3 is 9.64 Å². The molecule has 2 unspecified atom stereocenters. The minimum Gasteiger partial charge on any atom is -0.376 e. The summed E-state index contributed by atoms with van der Waals surface area (Å²) in [6.07, 6.45) is 7.34. The molecule has 2 saturated heterocycles. The zero-order valence-electron chi connectivity index (χ0n) is 16.0. The molecule has 146 valence electrons. The molecule has 3 rings (SSSR count). The van der Waals surface area contributed by atoms with E-state index < -0.39 is 0 Å². The number of nitrogens with zero attached hydrogens (tertiary/aromatic N) is 4. The smallest absolute Gasteiger partial charge is 0.208 e. The molecule has 2 atom stereocenters. The van der Waals surface area contributed by atoms with Crippen LogP contribution in [0.5, 0.6) is 0 Å². The molecule has 1 aromatic rings. The molecule has 7 heteroatoms. The summed E-state index contributed by atoms with van der Waals surface area (Å²) >= 11 is 7.58. The van der Waals surface area contributed by atoms with Crippen molar-refractivity contribution in [1.82, 2.24) is 9.80 Å². The molecule has 0 radical (unpaired) electrons. The SMILES string of the molecule is CS/C(=N\C#N)N1CCC(N2CC(C)OCC2Cc2ccc(Cl)cc2)CC1. The molecule has 0 bridgehead atoms. The van der Waals surface area contributed by atoms with Crippen LogP contribution in [0, 0.1) is 11.5 Å². The van der Waals surface area contributed by atoms with Crippen LogP contribution < -0.4 is 0 Å². The van der Waals surface area contributed by atoms with Crippen molar-refractivity contribution in [2.45, 2.75) is 44.4 Å². The molecule has 0 N–H and O–H groups in total. The van der Waals surface area contributed by atoms with Crippen LogP contribution in [-0.4, -0.2) is 65.7 Å². The van der Waals surface area contributed by atoms with Gasteiger partial charge in [0, 0.05) is 36.7 Å². The molecule has 0 aliphatic carbocycles. The highest BCUT2D eigenvalue weighted by atomic mass is 35.5. The predicted molar refractivity (Wildman–Crippen MR) is 112 cm³/mol. The first-order valence-corrected chi connectivity index (χ1v) is 11.1. The highest BCUT2D eigenvalue weighted by Gasteiger charge is 2.34. The second kappa shape index (κ2) is 9.79. The van der Waals surface area contributed by atoms with Crippen LogP contribution in [0.1, 0.15) is 25.3 Å². The van der Waals surface area contributed by atoms with Gasteiger partial charge in [0.1, 0.15) is 0 Å². The number of nitriles is 1. The Bertz CT molecular complexity index is 682. The predicted octanol–water partition coefficient (Wildman–Crippen LogP) is 3.64. The molecule has 2 heterocycles. The Labute approximate surface area is 171 Å². The first-order chi connectivity index (χ1) is 13.1. The molecule has 0 saturated carbocycles. The summed E-state index contributed by atoms with van der Waals surface area (Å²) in [5.41, 5.74) is 1.30. The fourth-order valence-electron chi connectivity index (χ4n) is 4.06. The molecule has 2 fully saturated rings. The summed E-state index contributed by atoms with van der Waals surface area (Å²) in [6.45, 7) is 5.81. The Morgan fingerprint density at radius 3 is 2.67 bits per heavy atom. The van der Waals surface area contributed by atoms with E-state index in [9.17, 15) is 0 Å². The average molecular weight is 407 g/mol. The van der Waals surface area contributed by atoms with Gasteiger partial charge in [-0.3, -0.25) is 4.90 Å². The summed E-state index contributed by atoms with van der Waals surface area (Å²) in [6, 6.07) is 9.10. The van der Waals surface area contributed by atoms with Gasteiger partial charge in [0.25, 0.3) is 0 Å². The van der Waals surface area contributed by atoms with Crippen molar-refractivity contribution in [2.24, 2.45) is 4.99 Å². The lowest BCUT2D eigenvalue weighted by atomic mass is 9.96. The lowest BCUT2D eigenvalue weighted by Gasteiger charge is -2.46. The maximum absolute atomic E-state index is 8.87. The molecule has 0 spiro atoms. The number of thioether (sulfide) groups is 1. The van der Waals surface area contributed by atoms with E-state index in [1.54, 1.807) is 11.8 Å². The van der Waals surface area contributed by atoms with Crippen LogP contribution in [0.15, 0.2) is 29.3 Å². The zero-order valence-corrected chi connectivity index (χ0v) is 17.5. The number of piperidine rings is 1. The maximum Gasteiger partial charge on any atom is 0.208 e. The number of halogens is 1. The number of rotatable bonds is 3. The molecule has 1 aromatic carbocycles. The van der Waals surface area contributed by atoms with Crippen molar-refractivity contribution in [3.63, 3.8) is 0 Å². The van der Waals surface area contributed by atoms with Gasteiger partial charge >= 0.3 is 0 Å². The number of benzene rings is 1. The normalized spacial score (nSPS) is 25.4. The van der Waals surface area contributed by atoms with Gasteiger partial charge in [0.2, 0.25) is 6.19 Å². The van der Waals surface area contributed by atoms with Gasteiger partial charge in [0.05, 0.1) is 12.7 Å². The van der Waals surface area contributed by atoms with Crippen molar-refractivity contribution in [2.75, 3.05) is 32.5 Å². The quantitative estimate of drug-likeness (QED) is 0.435. The first-order valence-electron chi connectivity index (χ1n) is 9.48. The lowest BCUT2D eigenvalue weighted by molar-refractivity contribution is -0.0776. The highest BCUT2D eigenvalue weighted by Crippen LogP contribution is 2.26. The van der Waals surface area contributed by atoms with E-state index in [-0.39, 0.29) is 6.10 Å². The standard InChI is InChI=1S/C20H27ClN4OS/c1-15-12-25(18-7-9-24(10-8-18)20(27-2)23-14-22)19(13-26-15)11-16-3-5-17(21)6-4-16/h3-6,15,18-19H,7-13H2,1-2H3/b23-20-. The highest BCUT2D eigenvalue weighted by molar-refractivity contribution is 8.13. The van der Waals surface area contributed by atoms with Gasteiger partial charge in [-0.15, -0.1) is 4.99 Å². The summed E-state index contributed by atoms with van der Waals surface area (Å²) < 4.78 is 5.98. The first kappa shape index (κ1) is 20.5. The Hall–Kier alpha value is -1.26. The van der Waals surface area contributed by atoms with Crippen LogP contribution in [0.3, 0.4) is 0 Å². The number of likely N-dealkylation sites (tertiary alicyclic amines) is 1. The minimum atomic E-state index is 0.270. The Balaban J connectivity index is 1.64. The maximum atomic E-state index is 8.87. The third-order valence-corrected chi connectivity index (χ3v) is 6.39. The van der Waals surface area contributed by atoms with E-state index in [0.717, 1.165) is 55.7 Å². The summed E-state index contributed by atoms with van der Waals surface area (Å²) in [7, 11) is 0. The molecule has 2 aliphatic heterocycles. The molecule has 2 aliphatic rings. The Morgan fingerprint density at radius 2 is 2.04 bits per heavy atom. The number of hydrogen-bond acceptors (Lipinski definition) is 5. The van der Waals surface area contributed by atoms with Crippen molar-refractivity contribution < 1.29 is 4.74 Å². The molecule has 27 heavy (non-hydrogen) atoms. The summed E-state index contributed by atoms with van der Waals surface area (Å²) in [5.74, 6) is 0. The third-order valence-electron chi connectivity index (χ3n) is 5.43. The second-order valence-corrected chi connectivity index (χ2v) is 8.45. The number of morpholine rings is 1. The third kappa shape index (κ3) is 5.39. The Kier molecular flexibility index (Phi) is 7.42. The fraction of sp³-hybridized carbons (Fsp3) is 0.600. The number of hydrogen-bond donors (Lipinski definition) is 0. The lowest BCUT2D eigenvalue weighted by Crippen LogP contribution is -2.57. The van der Waals surface area contributed by atoms with Crippen molar-refractivity contribution in [3.8, 4) is 6.19 Å². The van der Waals surface area contributed by atoms with Gasteiger partial charge in [-0.25, -0.2) is 0 Å². The van der Waals surface area contributed by atoms with Gasteiger partial charge in [-0.05, 0) is 50.1 Å². The largest absolute Gasteiger partial charge is 0.376 e. The number of ether oxygens (including phenoxy) is 1. The number of amidine groups is 1. The van der Waals surface area contributed by atoms with Crippen molar-refractivity contribution >= 4 is 28.5 Å². The van der Waals surface area contributed by atoms with E-state index in [4.69, 9.17) is 21.6 Å². The van der Waals surface area contributed by atoms with Gasteiger partial charge in [-0.1, -0.05) is 35.5 Å². The van der Waals surface area contributed by atoms with Crippen LogP contribution in [0.25, 0.3) is 0 Å². The van der Waals surface area contributed by atoms with E-state index in [0.29, 0.717) is 12.1 Å². The van der Waals surface area contributed by atoms with Crippen LogP contribution in [0.2, 0.25) is 5.02 Å². The van der Waals surface area contributed by atoms with Crippen molar-refractivity contribution in [1.29, 1.82) is 5.26 Å². The fourth-order valence-corrected chi connectivity index (χ4v) is 4.76. The monoisotopic (exact) mass is 406 g/mol. The van der Waals surface area contributed by atoms with E-state index in [2.05, 4.69) is 33.8 Å². The molecule has 0 aromatic heterocycles. The van der Waals surface area contributed by atoms with Crippen molar-refractivity contribution in [3.05, 3.63) is 34.9 Å². The summed E-state index contributed by atoms with van der Waals surface area (Å²) in [5, 5.41) is 10.5. The summed E-state index contributed by atoms with van der Waals surface area (Å²) in [4.78, 5) is 8.85. The minimum absolute atomic E-state index is 0.270. The second-order valence-electron chi connectivity index (χ2n) is 7.24. The molecular formula is C20H27ClN4OS. The molecular weight excluding hydrogens is 380 g/mol. The molecule has 5 nitrogen and oxygen atoms in total. The van der Waals surface area contributed by atoms with Crippen LogP contribution in [-0.2, 0) is 11.2 Å². The van der Waals surface area contributed by atoms with E-state index >= 15 is 0 Å².